The summed E-state index contributed by atoms with van der Waals surface area (Å²) in [5.74, 6) is -0.181. The predicted octanol–water partition coefficient (Wildman–Crippen LogP) is 1.39. The van der Waals surface area contributed by atoms with Crippen molar-refractivity contribution in [2.75, 3.05) is 0 Å². The van der Waals surface area contributed by atoms with Gasteiger partial charge in [-0.3, -0.25) is 9.59 Å². The van der Waals surface area contributed by atoms with Gasteiger partial charge < -0.3 is 10.2 Å². The number of hydrogen-bond donors (Lipinski definition) is 1. The third-order valence-electron chi connectivity index (χ3n) is 3.46. The lowest BCUT2D eigenvalue weighted by Crippen LogP contribution is -2.66. The summed E-state index contributed by atoms with van der Waals surface area (Å²) < 4.78 is 0. The van der Waals surface area contributed by atoms with E-state index in [9.17, 15) is 9.59 Å². The molecule has 1 saturated heterocycles. The fourth-order valence-electron chi connectivity index (χ4n) is 2.10. The van der Waals surface area contributed by atoms with Gasteiger partial charge in [-0.05, 0) is 34.6 Å². The maximum Gasteiger partial charge on any atom is 0.248 e. The zero-order valence-electron chi connectivity index (χ0n) is 11.9. The molecule has 104 valence electrons. The molecule has 0 aromatic carbocycles. The minimum absolute atomic E-state index is 0.0647. The highest BCUT2D eigenvalue weighted by Gasteiger charge is 2.43. The lowest BCUT2D eigenvalue weighted by Gasteiger charge is -2.41. The van der Waals surface area contributed by atoms with Crippen molar-refractivity contribution in [3.63, 3.8) is 0 Å². The van der Waals surface area contributed by atoms with E-state index in [0.29, 0.717) is 6.54 Å². The quantitative estimate of drug-likeness (QED) is 0.891. The van der Waals surface area contributed by atoms with Gasteiger partial charge in [-0.1, -0.05) is 0 Å². The molecule has 1 aromatic heterocycles. The maximum atomic E-state index is 12.4. The van der Waals surface area contributed by atoms with E-state index in [1.165, 1.54) is 0 Å². The molecule has 1 N–H and O–H groups in total. The molecule has 0 radical (unpaired) electrons. The number of aromatic nitrogens is 1. The molecule has 2 rings (SSSR count). The maximum absolute atomic E-state index is 12.4. The Hall–Kier alpha value is -1.43. The van der Waals surface area contributed by atoms with Crippen molar-refractivity contribution < 1.29 is 9.59 Å². The number of thiazole rings is 1. The number of nitrogens with one attached hydrogen (secondary N) is 1. The molecule has 1 fully saturated rings. The summed E-state index contributed by atoms with van der Waals surface area (Å²) >= 11 is 1.58. The minimum Gasteiger partial charge on any atom is -0.340 e. The van der Waals surface area contributed by atoms with Crippen LogP contribution in [0.2, 0.25) is 0 Å². The first-order chi connectivity index (χ1) is 8.72. The SMILES string of the molecule is Cc1nc(CN2C(=O)C(C)(C)NC(=O)C2C)sc1C. The van der Waals surface area contributed by atoms with Gasteiger partial charge in [-0.15, -0.1) is 11.3 Å². The Kier molecular flexibility index (Phi) is 3.38. The molecule has 1 unspecified atom stereocenters. The molecule has 1 aliphatic heterocycles. The highest BCUT2D eigenvalue weighted by atomic mass is 32.1. The van der Waals surface area contributed by atoms with Crippen molar-refractivity contribution in [3.8, 4) is 0 Å². The van der Waals surface area contributed by atoms with Crippen molar-refractivity contribution in [2.24, 2.45) is 0 Å². The predicted molar refractivity (Wildman–Crippen MR) is 73.8 cm³/mol. The molecule has 1 aliphatic rings. The summed E-state index contributed by atoms with van der Waals surface area (Å²) in [7, 11) is 0. The number of carbonyl (C=O) groups is 2. The van der Waals surface area contributed by atoms with Crippen LogP contribution in [0.25, 0.3) is 0 Å². The van der Waals surface area contributed by atoms with Crippen LogP contribution in [0.3, 0.4) is 0 Å². The molecule has 19 heavy (non-hydrogen) atoms. The Morgan fingerprint density at radius 3 is 2.53 bits per heavy atom. The van der Waals surface area contributed by atoms with E-state index in [1.54, 1.807) is 37.0 Å². The van der Waals surface area contributed by atoms with E-state index in [1.807, 2.05) is 13.8 Å². The summed E-state index contributed by atoms with van der Waals surface area (Å²) in [6, 6.07) is -0.454. The lowest BCUT2D eigenvalue weighted by molar-refractivity contribution is -0.153. The van der Waals surface area contributed by atoms with Gasteiger partial charge in [0.25, 0.3) is 0 Å². The second-order valence-electron chi connectivity index (χ2n) is 5.47. The average Bonchev–Trinajstić information content (AvgIpc) is 2.61. The van der Waals surface area contributed by atoms with E-state index in [4.69, 9.17) is 0 Å². The second kappa shape index (κ2) is 4.59. The molecule has 6 heteroatoms. The fourth-order valence-corrected chi connectivity index (χ4v) is 3.04. The molecule has 1 aromatic rings. The van der Waals surface area contributed by atoms with Gasteiger partial charge >= 0.3 is 0 Å². The number of carbonyl (C=O) groups excluding carboxylic acids is 2. The molecular weight excluding hydrogens is 262 g/mol. The van der Waals surface area contributed by atoms with Gasteiger partial charge in [-0.25, -0.2) is 4.98 Å². The van der Waals surface area contributed by atoms with Crippen LogP contribution in [0.4, 0.5) is 0 Å². The number of nitrogens with zero attached hydrogens (tertiary/aromatic N) is 2. The van der Waals surface area contributed by atoms with Crippen LogP contribution >= 0.6 is 11.3 Å². The van der Waals surface area contributed by atoms with Gasteiger partial charge in [0.2, 0.25) is 11.8 Å². The van der Waals surface area contributed by atoms with Crippen LogP contribution in [0.5, 0.6) is 0 Å². The lowest BCUT2D eigenvalue weighted by atomic mass is 9.97. The third-order valence-corrected chi connectivity index (χ3v) is 4.51. The molecule has 0 spiro atoms. The highest BCUT2D eigenvalue weighted by Crippen LogP contribution is 2.23. The topological polar surface area (TPSA) is 62.3 Å². The van der Waals surface area contributed by atoms with Crippen LogP contribution in [0, 0.1) is 13.8 Å². The zero-order chi connectivity index (χ0) is 14.4. The second-order valence-corrected chi connectivity index (χ2v) is 6.76. The Morgan fingerprint density at radius 2 is 2.00 bits per heavy atom. The standard InChI is InChI=1S/C13H19N3O2S/c1-7-9(3)19-10(14-7)6-16-8(2)11(17)15-13(4,5)12(16)18/h8H,6H2,1-5H3,(H,15,17). The summed E-state index contributed by atoms with van der Waals surface area (Å²) in [5.41, 5.74) is 0.145. The van der Waals surface area contributed by atoms with Crippen molar-refractivity contribution >= 4 is 23.2 Å². The highest BCUT2D eigenvalue weighted by molar-refractivity contribution is 7.11. The van der Waals surface area contributed by atoms with Crippen molar-refractivity contribution in [2.45, 2.75) is 52.7 Å². The average molecular weight is 281 g/mol. The first-order valence-electron chi connectivity index (χ1n) is 6.28. The third kappa shape index (κ3) is 2.49. The summed E-state index contributed by atoms with van der Waals surface area (Å²) in [6.07, 6.45) is 0. The number of hydrogen-bond acceptors (Lipinski definition) is 4. The van der Waals surface area contributed by atoms with Gasteiger partial charge in [-0.2, -0.15) is 0 Å². The van der Waals surface area contributed by atoms with Crippen LogP contribution in [-0.4, -0.2) is 33.3 Å². The van der Waals surface area contributed by atoms with E-state index in [-0.39, 0.29) is 11.8 Å². The largest absolute Gasteiger partial charge is 0.340 e. The summed E-state index contributed by atoms with van der Waals surface area (Å²) in [5, 5.41) is 3.62. The zero-order valence-corrected chi connectivity index (χ0v) is 12.7. The van der Waals surface area contributed by atoms with Crippen LogP contribution < -0.4 is 5.32 Å². The smallest absolute Gasteiger partial charge is 0.248 e. The fraction of sp³-hybridized carbons (Fsp3) is 0.615. The first kappa shape index (κ1) is 14.0. The van der Waals surface area contributed by atoms with E-state index in [0.717, 1.165) is 15.6 Å². The molecule has 2 amide bonds. The van der Waals surface area contributed by atoms with Crippen LogP contribution in [-0.2, 0) is 16.1 Å². The van der Waals surface area contributed by atoms with Crippen molar-refractivity contribution in [1.82, 2.24) is 15.2 Å². The minimum atomic E-state index is -0.842. The van der Waals surface area contributed by atoms with Crippen molar-refractivity contribution in [1.29, 1.82) is 0 Å². The Morgan fingerprint density at radius 1 is 1.37 bits per heavy atom. The number of piperazine rings is 1. The van der Waals surface area contributed by atoms with Gasteiger partial charge in [0.15, 0.2) is 0 Å². The molecule has 5 nitrogen and oxygen atoms in total. The molecule has 0 bridgehead atoms. The van der Waals surface area contributed by atoms with Gasteiger partial charge in [0.1, 0.15) is 16.6 Å². The van der Waals surface area contributed by atoms with Gasteiger partial charge in [0.05, 0.1) is 12.2 Å². The molecule has 2 heterocycles. The monoisotopic (exact) mass is 281 g/mol. The number of amides is 2. The van der Waals surface area contributed by atoms with E-state index in [2.05, 4.69) is 10.3 Å². The number of aryl methyl sites for hydroxylation is 2. The van der Waals surface area contributed by atoms with E-state index < -0.39 is 11.6 Å². The molecule has 0 aliphatic carbocycles. The first-order valence-corrected chi connectivity index (χ1v) is 7.10. The van der Waals surface area contributed by atoms with Crippen LogP contribution in [0.1, 0.15) is 36.3 Å². The summed E-state index contributed by atoms with van der Waals surface area (Å²) in [4.78, 5) is 31.5. The number of rotatable bonds is 2. The molecular formula is C13H19N3O2S. The Bertz CT molecular complexity index is 516. The van der Waals surface area contributed by atoms with E-state index >= 15 is 0 Å². The Balaban J connectivity index is 2.26. The summed E-state index contributed by atoms with van der Waals surface area (Å²) in [6.45, 7) is 9.56. The van der Waals surface area contributed by atoms with Crippen molar-refractivity contribution in [3.05, 3.63) is 15.6 Å². The normalized spacial score (nSPS) is 22.6. The molecule has 1 atom stereocenters. The molecule has 0 saturated carbocycles. The van der Waals surface area contributed by atoms with Crippen LogP contribution in [0.15, 0.2) is 0 Å². The Labute approximate surface area is 117 Å². The van der Waals surface area contributed by atoms with Gasteiger partial charge in [0, 0.05) is 4.88 Å².